The maximum atomic E-state index is 11.6. The summed E-state index contributed by atoms with van der Waals surface area (Å²) in [6.07, 6.45) is 0. The summed E-state index contributed by atoms with van der Waals surface area (Å²) in [5, 5.41) is 41.0. The van der Waals surface area contributed by atoms with Crippen LogP contribution in [-0.4, -0.2) is 43.0 Å². The lowest BCUT2D eigenvalue weighted by Gasteiger charge is -2.07. The largest absolute Gasteiger partial charge is 0.478 e. The average Bonchev–Trinajstić information content (AvgIpc) is 3.19. The Hall–Kier alpha value is -5.03. The molecular weight excluding hydrogens is 490 g/mol. The first kappa shape index (κ1) is 24.1. The van der Waals surface area contributed by atoms with Gasteiger partial charge in [-0.1, -0.05) is 41.9 Å². The van der Waals surface area contributed by atoms with E-state index in [2.05, 4.69) is 15.3 Å². The van der Waals surface area contributed by atoms with Crippen LogP contribution in [-0.2, 0) is 0 Å². The normalized spacial score (nSPS) is 11.0. The van der Waals surface area contributed by atoms with Crippen LogP contribution in [0.5, 0.6) is 0 Å². The van der Waals surface area contributed by atoms with Crippen LogP contribution in [0.15, 0.2) is 77.0 Å². The summed E-state index contributed by atoms with van der Waals surface area (Å²) in [7, 11) is 0. The number of halogens is 1. The highest BCUT2D eigenvalue weighted by molar-refractivity contribution is 6.33. The molecule has 1 heterocycles. The Morgan fingerprint density at radius 3 is 2.00 bits per heavy atom. The molecule has 36 heavy (non-hydrogen) atoms. The molecule has 0 bridgehead atoms. The number of anilines is 1. The van der Waals surface area contributed by atoms with E-state index in [9.17, 15) is 29.7 Å². The molecule has 180 valence electrons. The van der Waals surface area contributed by atoms with Gasteiger partial charge in [-0.25, -0.2) is 19.1 Å². The fourth-order valence-corrected chi connectivity index (χ4v) is 3.47. The summed E-state index contributed by atoms with van der Waals surface area (Å²) in [6.45, 7) is 0. The Balaban J connectivity index is 1.92. The highest BCUT2D eigenvalue weighted by atomic mass is 35.5. The number of nitrogen functional groups attached to an aromatic ring is 1. The number of carboxylic acids is 3. The second-order valence-corrected chi connectivity index (χ2v) is 7.82. The van der Waals surface area contributed by atoms with E-state index >= 15 is 0 Å². The van der Waals surface area contributed by atoms with E-state index in [1.54, 1.807) is 30.3 Å². The number of aromatic carboxylic acids is 3. The number of aromatic nitrogens is 2. The molecule has 0 aliphatic heterocycles. The van der Waals surface area contributed by atoms with Gasteiger partial charge >= 0.3 is 17.9 Å². The Morgan fingerprint density at radius 2 is 1.42 bits per heavy atom. The van der Waals surface area contributed by atoms with Gasteiger partial charge in [0.05, 0.1) is 27.4 Å². The van der Waals surface area contributed by atoms with Crippen molar-refractivity contribution < 1.29 is 29.7 Å². The van der Waals surface area contributed by atoms with Gasteiger partial charge in [0.25, 0.3) is 0 Å². The molecule has 0 radical (unpaired) electrons. The third-order valence-corrected chi connectivity index (χ3v) is 5.37. The smallest absolute Gasteiger partial charge is 0.335 e. The van der Waals surface area contributed by atoms with Crippen LogP contribution in [0, 0.1) is 0 Å². The molecule has 0 amide bonds. The summed E-state index contributed by atoms with van der Waals surface area (Å²) < 4.78 is 1.16. The van der Waals surface area contributed by atoms with E-state index in [4.69, 9.17) is 17.3 Å². The Bertz CT molecular complexity index is 1520. The van der Waals surface area contributed by atoms with E-state index in [1.165, 1.54) is 30.3 Å². The second-order valence-electron chi connectivity index (χ2n) is 7.41. The van der Waals surface area contributed by atoms with Gasteiger partial charge in [-0.2, -0.15) is 5.10 Å². The molecule has 1 aromatic heterocycles. The lowest BCUT2D eigenvalue weighted by atomic mass is 10.1. The molecule has 5 N–H and O–H groups in total. The first-order chi connectivity index (χ1) is 17.2. The van der Waals surface area contributed by atoms with Crippen molar-refractivity contribution in [3.05, 3.63) is 88.4 Å². The van der Waals surface area contributed by atoms with Crippen LogP contribution in [0.2, 0.25) is 5.02 Å². The Labute approximate surface area is 207 Å². The van der Waals surface area contributed by atoms with Crippen molar-refractivity contribution in [3.63, 3.8) is 0 Å². The van der Waals surface area contributed by atoms with Gasteiger partial charge in [0.15, 0.2) is 11.5 Å². The molecule has 0 atom stereocenters. The van der Waals surface area contributed by atoms with Gasteiger partial charge in [0.1, 0.15) is 11.4 Å². The second kappa shape index (κ2) is 9.68. The van der Waals surface area contributed by atoms with Gasteiger partial charge in [-0.05, 0) is 36.4 Å². The topological polar surface area (TPSA) is 180 Å². The Kier molecular flexibility index (Phi) is 6.48. The number of hydrogen-bond acceptors (Lipinski definition) is 7. The molecule has 3 aromatic carbocycles. The van der Waals surface area contributed by atoms with Crippen molar-refractivity contribution in [2.45, 2.75) is 0 Å². The molecule has 4 rings (SSSR count). The van der Waals surface area contributed by atoms with E-state index < -0.39 is 17.9 Å². The van der Waals surface area contributed by atoms with E-state index in [-0.39, 0.29) is 50.3 Å². The monoisotopic (exact) mass is 505 g/mol. The fraction of sp³-hybridized carbons (Fsp3) is 0. The maximum Gasteiger partial charge on any atom is 0.335 e. The predicted octanol–water partition coefficient (Wildman–Crippen LogP) is 5.28. The molecule has 0 saturated heterocycles. The molecule has 4 aromatic rings. The van der Waals surface area contributed by atoms with Crippen molar-refractivity contribution >= 4 is 46.7 Å². The third kappa shape index (κ3) is 4.76. The van der Waals surface area contributed by atoms with Gasteiger partial charge in [0, 0.05) is 5.56 Å². The van der Waals surface area contributed by atoms with Crippen LogP contribution in [0.25, 0.3) is 16.9 Å². The van der Waals surface area contributed by atoms with E-state index in [1.807, 2.05) is 0 Å². The molecule has 0 unspecified atom stereocenters. The fourth-order valence-electron chi connectivity index (χ4n) is 3.32. The van der Waals surface area contributed by atoms with Crippen molar-refractivity contribution in [2.75, 3.05) is 5.73 Å². The van der Waals surface area contributed by atoms with Crippen LogP contribution in [0.3, 0.4) is 0 Å². The SMILES string of the molecule is Nc1c(/N=N/c2cc(C(=O)O)ccc2Cl)c(-c2ccccc2)nn1-c1cc(C(=O)O)cc(C(=O)O)c1. The highest BCUT2D eigenvalue weighted by Crippen LogP contribution is 2.38. The minimum absolute atomic E-state index is 0.0491. The first-order valence-corrected chi connectivity index (χ1v) is 10.5. The number of rotatable bonds is 7. The number of carbonyl (C=O) groups is 3. The minimum atomic E-state index is -1.33. The van der Waals surface area contributed by atoms with E-state index in [0.29, 0.717) is 5.56 Å². The lowest BCUT2D eigenvalue weighted by Crippen LogP contribution is -2.08. The van der Waals surface area contributed by atoms with Crippen LogP contribution in [0.4, 0.5) is 17.2 Å². The molecule has 0 saturated carbocycles. The molecule has 0 aliphatic carbocycles. The third-order valence-electron chi connectivity index (χ3n) is 5.05. The van der Waals surface area contributed by atoms with Gasteiger partial charge in [-0.3, -0.25) is 0 Å². The first-order valence-electron chi connectivity index (χ1n) is 10.2. The molecule has 0 fully saturated rings. The minimum Gasteiger partial charge on any atom is -0.478 e. The number of hydrogen-bond donors (Lipinski definition) is 4. The standard InChI is InChI=1S/C24H16ClN5O6/c25-17-7-6-13(22(31)32)11-18(17)27-28-20-19(12-4-2-1-3-5-12)29-30(21(20)26)16-9-14(23(33)34)8-15(10-16)24(35)36/h1-11H,26H2,(H,31,32)(H,33,34)(H,35,36)/b28-27+. The maximum absolute atomic E-state index is 11.6. The van der Waals surface area contributed by atoms with Gasteiger partial charge in [0.2, 0.25) is 0 Å². The zero-order valence-electron chi connectivity index (χ0n) is 18.2. The molecular formula is C24H16ClN5O6. The van der Waals surface area contributed by atoms with Gasteiger partial charge < -0.3 is 21.1 Å². The van der Waals surface area contributed by atoms with Gasteiger partial charge in [-0.15, -0.1) is 10.2 Å². The quantitative estimate of drug-likeness (QED) is 0.244. The molecule has 11 nitrogen and oxygen atoms in total. The number of nitrogens with two attached hydrogens (primary N) is 1. The highest BCUT2D eigenvalue weighted by Gasteiger charge is 2.21. The summed E-state index contributed by atoms with van der Waals surface area (Å²) in [4.78, 5) is 34.4. The van der Waals surface area contributed by atoms with Crippen LogP contribution >= 0.6 is 11.6 Å². The zero-order valence-corrected chi connectivity index (χ0v) is 18.9. The summed E-state index contributed by atoms with van der Waals surface area (Å²) >= 11 is 6.15. The number of carboxylic acid groups (broad SMARTS) is 3. The van der Waals surface area contributed by atoms with Crippen molar-refractivity contribution in [1.29, 1.82) is 0 Å². The molecule has 0 spiro atoms. The number of benzene rings is 3. The molecule has 0 aliphatic rings. The van der Waals surface area contributed by atoms with Crippen molar-refractivity contribution in [2.24, 2.45) is 10.2 Å². The number of azo groups is 1. The summed E-state index contributed by atoms with van der Waals surface area (Å²) in [6, 6.07) is 16.2. The summed E-state index contributed by atoms with van der Waals surface area (Å²) in [5.41, 5.74) is 6.82. The van der Waals surface area contributed by atoms with Crippen molar-refractivity contribution in [1.82, 2.24) is 9.78 Å². The van der Waals surface area contributed by atoms with E-state index in [0.717, 1.165) is 10.7 Å². The van der Waals surface area contributed by atoms with Crippen LogP contribution in [0.1, 0.15) is 31.1 Å². The van der Waals surface area contributed by atoms with Crippen LogP contribution < -0.4 is 5.73 Å². The Morgan fingerprint density at radius 1 is 0.806 bits per heavy atom. The average molecular weight is 506 g/mol. The zero-order chi connectivity index (χ0) is 26.0. The van der Waals surface area contributed by atoms with Crippen molar-refractivity contribution in [3.8, 4) is 16.9 Å². The molecule has 12 heteroatoms. The number of nitrogens with zero attached hydrogens (tertiary/aromatic N) is 4. The summed E-state index contributed by atoms with van der Waals surface area (Å²) in [5.74, 6) is -3.91. The predicted molar refractivity (Wildman–Crippen MR) is 130 cm³/mol. The lowest BCUT2D eigenvalue weighted by molar-refractivity contribution is 0.0682.